The molecular formula is C19H23ClN2O4. The summed E-state index contributed by atoms with van der Waals surface area (Å²) in [5.74, 6) is -1.41. The van der Waals surface area contributed by atoms with Crippen LogP contribution in [0.2, 0.25) is 5.02 Å². The van der Waals surface area contributed by atoms with Crippen molar-refractivity contribution in [2.24, 2.45) is 5.92 Å². The lowest BCUT2D eigenvalue weighted by atomic mass is 10.1. The molecule has 26 heavy (non-hydrogen) atoms. The molecule has 1 saturated carbocycles. The van der Waals surface area contributed by atoms with Gasteiger partial charge in [0.2, 0.25) is 5.91 Å². The number of amides is 2. The molecule has 1 aliphatic heterocycles. The molecule has 6 nitrogen and oxygen atoms in total. The van der Waals surface area contributed by atoms with Gasteiger partial charge in [-0.1, -0.05) is 30.5 Å². The van der Waals surface area contributed by atoms with Gasteiger partial charge < -0.3 is 15.0 Å². The van der Waals surface area contributed by atoms with E-state index in [1.54, 1.807) is 24.3 Å². The highest BCUT2D eigenvalue weighted by molar-refractivity contribution is 6.30. The summed E-state index contributed by atoms with van der Waals surface area (Å²) >= 11 is 5.89. The molecule has 1 aromatic rings. The van der Waals surface area contributed by atoms with Crippen LogP contribution in [0.1, 0.15) is 39.0 Å². The van der Waals surface area contributed by atoms with Crippen LogP contribution < -0.4 is 5.32 Å². The van der Waals surface area contributed by atoms with Crippen molar-refractivity contribution < 1.29 is 19.1 Å². The number of halogens is 1. The molecule has 0 radical (unpaired) electrons. The fourth-order valence-electron chi connectivity index (χ4n) is 3.59. The molecule has 1 N–H and O–H groups in total. The maximum atomic E-state index is 12.4. The van der Waals surface area contributed by atoms with Gasteiger partial charge in [-0.25, -0.2) is 0 Å². The number of nitrogens with one attached hydrogen (secondary N) is 1. The zero-order valence-electron chi connectivity index (χ0n) is 14.7. The lowest BCUT2D eigenvalue weighted by Crippen LogP contribution is -2.36. The van der Waals surface area contributed by atoms with E-state index < -0.39 is 23.9 Å². The number of likely N-dealkylation sites (tertiary alicyclic amines) is 1. The van der Waals surface area contributed by atoms with E-state index in [4.69, 9.17) is 16.3 Å². The Labute approximate surface area is 157 Å². The van der Waals surface area contributed by atoms with Gasteiger partial charge in [0.15, 0.2) is 6.10 Å². The Bertz CT molecular complexity index is 703. The van der Waals surface area contributed by atoms with Crippen molar-refractivity contribution in [3.05, 3.63) is 29.3 Å². The Hall–Kier alpha value is -2.08. The summed E-state index contributed by atoms with van der Waals surface area (Å²) < 4.78 is 5.29. The lowest BCUT2D eigenvalue weighted by Gasteiger charge is -2.24. The second-order valence-electron chi connectivity index (χ2n) is 6.96. The Morgan fingerprint density at radius 3 is 2.73 bits per heavy atom. The van der Waals surface area contributed by atoms with Crippen LogP contribution in [-0.2, 0) is 19.1 Å². The highest BCUT2D eigenvalue weighted by atomic mass is 35.5. The minimum atomic E-state index is -0.947. The number of hydrogen-bond donors (Lipinski definition) is 1. The van der Waals surface area contributed by atoms with Gasteiger partial charge in [0.25, 0.3) is 5.91 Å². The lowest BCUT2D eigenvalue weighted by molar-refractivity contribution is -0.157. The van der Waals surface area contributed by atoms with Crippen molar-refractivity contribution in [2.45, 2.75) is 51.2 Å². The van der Waals surface area contributed by atoms with E-state index >= 15 is 0 Å². The van der Waals surface area contributed by atoms with Gasteiger partial charge in [0, 0.05) is 29.7 Å². The van der Waals surface area contributed by atoms with Gasteiger partial charge in [-0.15, -0.1) is 0 Å². The van der Waals surface area contributed by atoms with Crippen molar-refractivity contribution >= 4 is 35.1 Å². The SMILES string of the molecule is C[C@@H](OC(=O)[C@@H]1CC(=O)N(C2CCCC2)C1)C(=O)Nc1cccc(Cl)c1. The maximum absolute atomic E-state index is 12.4. The molecule has 1 aliphatic carbocycles. The van der Waals surface area contributed by atoms with E-state index in [0.29, 0.717) is 17.3 Å². The third-order valence-electron chi connectivity index (χ3n) is 5.01. The summed E-state index contributed by atoms with van der Waals surface area (Å²) in [5.41, 5.74) is 0.536. The summed E-state index contributed by atoms with van der Waals surface area (Å²) in [6.07, 6.45) is 3.49. The van der Waals surface area contributed by atoms with E-state index in [1.165, 1.54) is 6.92 Å². The summed E-state index contributed by atoms with van der Waals surface area (Å²) in [6, 6.07) is 6.99. The molecule has 1 aromatic carbocycles. The van der Waals surface area contributed by atoms with Gasteiger partial charge in [0.05, 0.1) is 5.92 Å². The molecule has 2 atom stereocenters. The Morgan fingerprint density at radius 2 is 2.04 bits per heavy atom. The Morgan fingerprint density at radius 1 is 1.31 bits per heavy atom. The molecule has 1 saturated heterocycles. The average molecular weight is 379 g/mol. The molecule has 140 valence electrons. The molecule has 0 bridgehead atoms. The van der Waals surface area contributed by atoms with Crippen molar-refractivity contribution in [1.82, 2.24) is 4.90 Å². The number of rotatable bonds is 5. The average Bonchev–Trinajstić information content (AvgIpc) is 3.24. The van der Waals surface area contributed by atoms with Crippen LogP contribution in [0, 0.1) is 5.92 Å². The van der Waals surface area contributed by atoms with Crippen LogP contribution in [-0.4, -0.2) is 41.4 Å². The highest BCUT2D eigenvalue weighted by Gasteiger charge is 2.40. The van der Waals surface area contributed by atoms with Crippen molar-refractivity contribution in [3.8, 4) is 0 Å². The molecular weight excluding hydrogens is 356 g/mol. The second kappa shape index (κ2) is 8.08. The largest absolute Gasteiger partial charge is 0.452 e. The van der Waals surface area contributed by atoms with E-state index in [0.717, 1.165) is 25.7 Å². The van der Waals surface area contributed by atoms with Crippen LogP contribution in [0.25, 0.3) is 0 Å². The predicted octanol–water partition coefficient (Wildman–Crippen LogP) is 3.00. The highest BCUT2D eigenvalue weighted by Crippen LogP contribution is 2.30. The number of carbonyl (C=O) groups excluding carboxylic acids is 3. The number of hydrogen-bond acceptors (Lipinski definition) is 4. The summed E-state index contributed by atoms with van der Waals surface area (Å²) in [7, 11) is 0. The first-order chi connectivity index (χ1) is 12.4. The zero-order valence-corrected chi connectivity index (χ0v) is 15.5. The molecule has 2 aliphatic rings. The number of carbonyl (C=O) groups is 3. The van der Waals surface area contributed by atoms with E-state index in [9.17, 15) is 14.4 Å². The van der Waals surface area contributed by atoms with E-state index in [2.05, 4.69) is 5.32 Å². The Kier molecular flexibility index (Phi) is 5.81. The topological polar surface area (TPSA) is 75.7 Å². The molecule has 2 fully saturated rings. The number of esters is 1. The summed E-state index contributed by atoms with van der Waals surface area (Å²) in [4.78, 5) is 38.6. The molecule has 3 rings (SSSR count). The fourth-order valence-corrected chi connectivity index (χ4v) is 3.78. The summed E-state index contributed by atoms with van der Waals surface area (Å²) in [6.45, 7) is 1.91. The normalized spacial score (nSPS) is 21.7. The first-order valence-electron chi connectivity index (χ1n) is 9.00. The van der Waals surface area contributed by atoms with Gasteiger partial charge >= 0.3 is 5.97 Å². The predicted molar refractivity (Wildman–Crippen MR) is 97.7 cm³/mol. The molecule has 0 aromatic heterocycles. The van der Waals surface area contributed by atoms with Crippen LogP contribution in [0.5, 0.6) is 0 Å². The van der Waals surface area contributed by atoms with Gasteiger partial charge in [-0.3, -0.25) is 14.4 Å². The first-order valence-corrected chi connectivity index (χ1v) is 9.38. The van der Waals surface area contributed by atoms with E-state index in [-0.39, 0.29) is 18.4 Å². The van der Waals surface area contributed by atoms with Gasteiger partial charge in [-0.05, 0) is 38.0 Å². The first kappa shape index (κ1) is 18.7. The van der Waals surface area contributed by atoms with Crippen molar-refractivity contribution in [2.75, 3.05) is 11.9 Å². The quantitative estimate of drug-likeness (QED) is 0.799. The Balaban J connectivity index is 1.52. The smallest absolute Gasteiger partial charge is 0.312 e. The van der Waals surface area contributed by atoms with Crippen molar-refractivity contribution in [1.29, 1.82) is 0 Å². The maximum Gasteiger partial charge on any atom is 0.312 e. The van der Waals surface area contributed by atoms with Crippen molar-refractivity contribution in [3.63, 3.8) is 0 Å². The minimum Gasteiger partial charge on any atom is -0.452 e. The molecule has 2 amide bonds. The van der Waals surface area contributed by atoms with E-state index in [1.807, 2.05) is 4.90 Å². The number of ether oxygens (including phenoxy) is 1. The number of anilines is 1. The fraction of sp³-hybridized carbons (Fsp3) is 0.526. The van der Waals surface area contributed by atoms with Gasteiger partial charge in [-0.2, -0.15) is 0 Å². The zero-order chi connectivity index (χ0) is 18.7. The molecule has 0 unspecified atom stereocenters. The molecule has 0 spiro atoms. The minimum absolute atomic E-state index is 0.00915. The number of benzene rings is 1. The van der Waals surface area contributed by atoms with Crippen LogP contribution in [0.4, 0.5) is 5.69 Å². The third-order valence-corrected chi connectivity index (χ3v) is 5.25. The molecule has 7 heteroatoms. The monoisotopic (exact) mass is 378 g/mol. The van der Waals surface area contributed by atoms with Crippen LogP contribution in [0.3, 0.4) is 0 Å². The third kappa shape index (κ3) is 4.36. The second-order valence-corrected chi connectivity index (χ2v) is 7.40. The standard InChI is InChI=1S/C19H23ClN2O4/c1-12(18(24)21-15-6-4-5-14(20)10-15)26-19(25)13-9-17(23)22(11-13)16-7-2-3-8-16/h4-6,10,12-13,16H,2-3,7-9,11H2,1H3,(H,21,24)/t12-,13-/m1/s1. The van der Waals surface area contributed by atoms with Crippen LogP contribution in [0.15, 0.2) is 24.3 Å². The molecule has 1 heterocycles. The number of nitrogens with zero attached hydrogens (tertiary/aromatic N) is 1. The summed E-state index contributed by atoms with van der Waals surface area (Å²) in [5, 5.41) is 3.17. The van der Waals surface area contributed by atoms with Gasteiger partial charge in [0.1, 0.15) is 0 Å². The van der Waals surface area contributed by atoms with Crippen LogP contribution >= 0.6 is 11.6 Å².